The molecule has 0 aromatic rings. The zero-order chi connectivity index (χ0) is 20.3. The van der Waals surface area contributed by atoms with E-state index < -0.39 is 34.4 Å². The standard InChI is InChI=1S/C16H37B2O6PSi/c1-15(2,3)26(8,9)24-11-10-21-16(4,5)22-12(11)13(23-25(17)18)14(19-6)20-7/h11-14H,10,17-18H2,1-9H3/t11-,12+,13+/m0/s1. The molecule has 0 radical (unpaired) electrons. The van der Waals surface area contributed by atoms with Gasteiger partial charge in [0.1, 0.15) is 12.2 Å². The molecule has 0 aromatic carbocycles. The van der Waals surface area contributed by atoms with Gasteiger partial charge in [0.2, 0.25) is 0 Å². The zero-order valence-corrected chi connectivity index (χ0v) is 20.3. The Morgan fingerprint density at radius 2 is 1.69 bits per heavy atom. The molecule has 0 saturated carbocycles. The Morgan fingerprint density at radius 3 is 2.12 bits per heavy atom. The second kappa shape index (κ2) is 9.36. The van der Waals surface area contributed by atoms with E-state index in [0.29, 0.717) is 6.61 Å². The first kappa shape index (κ1) is 24.6. The topological polar surface area (TPSA) is 55.4 Å². The SMILES string of the molecule is BP(B)O[C@@H](C(OC)OC)[C@@H]1OC(C)(C)OC[C@@H]1O[Si](C)(C)C(C)(C)C. The molecule has 1 aliphatic heterocycles. The first-order chi connectivity index (χ1) is 11.7. The van der Waals surface area contributed by atoms with Gasteiger partial charge in [0.05, 0.1) is 12.7 Å². The van der Waals surface area contributed by atoms with E-state index >= 15 is 0 Å². The molecule has 6 nitrogen and oxygen atoms in total. The Hall–Kier alpha value is 0.537. The Kier molecular flexibility index (Phi) is 8.84. The molecule has 10 heteroatoms. The smallest absolute Gasteiger partial charge is 0.192 e. The number of hydrogen-bond donors (Lipinski definition) is 0. The molecule has 0 spiro atoms. The minimum absolute atomic E-state index is 0.0882. The molecule has 1 saturated heterocycles. The molecular formula is C16H37B2O6PSi. The molecule has 26 heavy (non-hydrogen) atoms. The van der Waals surface area contributed by atoms with Gasteiger partial charge in [0, 0.05) is 14.2 Å². The molecule has 1 fully saturated rings. The van der Waals surface area contributed by atoms with Crippen LogP contribution in [0.2, 0.25) is 18.1 Å². The Morgan fingerprint density at radius 1 is 1.15 bits per heavy atom. The maximum atomic E-state index is 6.66. The van der Waals surface area contributed by atoms with Gasteiger partial charge in [0.25, 0.3) is 0 Å². The lowest BCUT2D eigenvalue weighted by atomic mass is 10.1. The van der Waals surface area contributed by atoms with Crippen LogP contribution < -0.4 is 0 Å². The van der Waals surface area contributed by atoms with Crippen LogP contribution in [-0.4, -0.2) is 74.7 Å². The highest BCUT2D eigenvalue weighted by Gasteiger charge is 2.49. The van der Waals surface area contributed by atoms with E-state index in [1.807, 2.05) is 13.8 Å². The van der Waals surface area contributed by atoms with Crippen molar-refractivity contribution in [2.45, 2.75) is 83.1 Å². The molecule has 1 heterocycles. The van der Waals surface area contributed by atoms with Crippen molar-refractivity contribution in [3.05, 3.63) is 0 Å². The molecule has 0 aromatic heterocycles. The van der Waals surface area contributed by atoms with Crippen LogP contribution in [0.1, 0.15) is 34.6 Å². The predicted octanol–water partition coefficient (Wildman–Crippen LogP) is 2.03. The fraction of sp³-hybridized carbons (Fsp3) is 1.00. The third-order valence-electron chi connectivity index (χ3n) is 5.02. The van der Waals surface area contributed by atoms with Gasteiger partial charge in [0.15, 0.2) is 35.5 Å². The van der Waals surface area contributed by atoms with Crippen molar-refractivity contribution in [2.24, 2.45) is 0 Å². The van der Waals surface area contributed by atoms with Gasteiger partial charge in [-0.05, 0) is 32.0 Å². The predicted molar refractivity (Wildman–Crippen MR) is 114 cm³/mol. The van der Waals surface area contributed by atoms with Gasteiger partial charge < -0.3 is 27.9 Å². The molecule has 0 amide bonds. The zero-order valence-electron chi connectivity index (χ0n) is 18.4. The van der Waals surface area contributed by atoms with E-state index in [-0.39, 0.29) is 17.2 Å². The van der Waals surface area contributed by atoms with Gasteiger partial charge in [-0.1, -0.05) is 28.7 Å². The van der Waals surface area contributed by atoms with E-state index in [9.17, 15) is 0 Å². The quantitative estimate of drug-likeness (QED) is 0.350. The summed E-state index contributed by atoms with van der Waals surface area (Å²) in [5.41, 5.74) is 0. The normalized spacial score (nSPS) is 25.7. The average molecular weight is 406 g/mol. The summed E-state index contributed by atoms with van der Waals surface area (Å²) < 4.78 is 36.1. The highest BCUT2D eigenvalue weighted by atomic mass is 31.1. The van der Waals surface area contributed by atoms with Crippen LogP contribution in [0.3, 0.4) is 0 Å². The maximum absolute atomic E-state index is 6.66. The summed E-state index contributed by atoms with van der Waals surface area (Å²) in [5, 5.41) is 0.0882. The highest BCUT2D eigenvalue weighted by molar-refractivity contribution is 7.97. The van der Waals surface area contributed by atoms with E-state index in [0.717, 1.165) is 0 Å². The van der Waals surface area contributed by atoms with Crippen LogP contribution in [0.5, 0.6) is 0 Å². The van der Waals surface area contributed by atoms with Crippen LogP contribution in [0.4, 0.5) is 0 Å². The summed E-state index contributed by atoms with van der Waals surface area (Å²) in [7, 11) is 4.69. The molecular weight excluding hydrogens is 369 g/mol. The number of rotatable bonds is 8. The lowest BCUT2D eigenvalue weighted by Gasteiger charge is -2.48. The third-order valence-corrected chi connectivity index (χ3v) is 10.2. The van der Waals surface area contributed by atoms with E-state index in [1.54, 1.807) is 14.2 Å². The van der Waals surface area contributed by atoms with Gasteiger partial charge in [-0.2, -0.15) is 0 Å². The third kappa shape index (κ3) is 6.56. The molecule has 152 valence electrons. The number of methoxy groups -OCH3 is 2. The molecule has 3 atom stereocenters. The minimum Gasteiger partial charge on any atom is -0.409 e. The maximum Gasteiger partial charge on any atom is 0.192 e. The molecule has 0 bridgehead atoms. The van der Waals surface area contributed by atoms with Gasteiger partial charge in [-0.15, -0.1) is 0 Å². The number of ether oxygens (including phenoxy) is 4. The van der Waals surface area contributed by atoms with Crippen LogP contribution in [0.15, 0.2) is 0 Å². The summed E-state index contributed by atoms with van der Waals surface area (Å²) >= 11 is 0. The Bertz CT molecular complexity index is 443. The van der Waals surface area contributed by atoms with Crippen molar-refractivity contribution in [3.63, 3.8) is 0 Å². The van der Waals surface area contributed by atoms with Crippen molar-refractivity contribution in [3.8, 4) is 0 Å². The van der Waals surface area contributed by atoms with Crippen molar-refractivity contribution >= 4 is 31.4 Å². The van der Waals surface area contributed by atoms with Crippen LogP contribution in [-0.2, 0) is 27.9 Å². The fourth-order valence-corrected chi connectivity index (χ4v) is 4.64. The average Bonchev–Trinajstić information content (AvgIpc) is 2.47. The summed E-state index contributed by atoms with van der Waals surface area (Å²) in [6, 6.07) is 0. The summed E-state index contributed by atoms with van der Waals surface area (Å²) in [5.74, 6) is -0.712. The summed E-state index contributed by atoms with van der Waals surface area (Å²) in [4.78, 5) is 0. The monoisotopic (exact) mass is 406 g/mol. The largest absolute Gasteiger partial charge is 0.409 e. The van der Waals surface area contributed by atoms with Gasteiger partial charge in [-0.3, -0.25) is 0 Å². The van der Waals surface area contributed by atoms with Crippen LogP contribution in [0, 0.1) is 0 Å². The Labute approximate surface area is 163 Å². The Balaban J connectivity index is 3.17. The van der Waals surface area contributed by atoms with Gasteiger partial charge in [-0.25, -0.2) is 0 Å². The van der Waals surface area contributed by atoms with E-state index in [4.69, 9.17) is 27.9 Å². The summed E-state index contributed by atoms with van der Waals surface area (Å²) in [6.07, 6.45) is -1.52. The molecule has 1 rings (SSSR count). The molecule has 0 aliphatic carbocycles. The number of hydrogen-bond acceptors (Lipinski definition) is 6. The van der Waals surface area contributed by atoms with Crippen molar-refractivity contribution in [1.29, 1.82) is 0 Å². The lowest BCUT2D eigenvalue weighted by molar-refractivity contribution is -0.328. The van der Waals surface area contributed by atoms with Gasteiger partial charge >= 0.3 is 0 Å². The van der Waals surface area contributed by atoms with Crippen LogP contribution in [0.25, 0.3) is 0 Å². The van der Waals surface area contributed by atoms with Crippen molar-refractivity contribution in [1.82, 2.24) is 0 Å². The molecule has 0 N–H and O–H groups in total. The van der Waals surface area contributed by atoms with Crippen molar-refractivity contribution < 1.29 is 27.9 Å². The highest BCUT2D eigenvalue weighted by Crippen LogP contribution is 2.41. The minimum atomic E-state index is -2.01. The second-order valence-electron chi connectivity index (χ2n) is 8.93. The molecule has 0 unspecified atom stereocenters. The lowest BCUT2D eigenvalue weighted by Crippen LogP contribution is -2.61. The molecule has 1 aliphatic rings. The van der Waals surface area contributed by atoms with E-state index in [2.05, 4.69) is 49.0 Å². The second-order valence-corrected chi connectivity index (χ2v) is 15.5. The summed E-state index contributed by atoms with van der Waals surface area (Å²) in [6.45, 7) is 15.4. The first-order valence-corrected chi connectivity index (χ1v) is 14.2. The van der Waals surface area contributed by atoms with E-state index in [1.165, 1.54) is 0 Å². The first-order valence-electron chi connectivity index (χ1n) is 9.13. The van der Waals surface area contributed by atoms with Crippen LogP contribution >= 0.6 is 7.91 Å². The van der Waals surface area contributed by atoms with Crippen molar-refractivity contribution in [2.75, 3.05) is 20.8 Å². The fourth-order valence-electron chi connectivity index (χ4n) is 2.62.